The van der Waals surface area contributed by atoms with E-state index in [-0.39, 0.29) is 24.7 Å². The highest BCUT2D eigenvalue weighted by Gasteiger charge is 2.39. The van der Waals surface area contributed by atoms with Gasteiger partial charge < -0.3 is 9.84 Å². The Hall–Kier alpha value is -1.39. The van der Waals surface area contributed by atoms with Crippen molar-refractivity contribution in [1.82, 2.24) is 4.90 Å². The number of hydrogen-bond acceptors (Lipinski definition) is 4. The number of esters is 1. The van der Waals surface area contributed by atoms with E-state index in [4.69, 9.17) is 4.74 Å². The number of likely N-dealkylation sites (tertiary alicyclic amines) is 1. The number of aliphatic hydroxyl groups excluding tert-OH is 1. The second kappa shape index (κ2) is 6.58. The summed E-state index contributed by atoms with van der Waals surface area (Å²) < 4.78 is 5.52. The summed E-state index contributed by atoms with van der Waals surface area (Å²) in [6, 6.07) is 9.80. The Labute approximate surface area is 126 Å². The van der Waals surface area contributed by atoms with Crippen molar-refractivity contribution in [3.63, 3.8) is 0 Å². The summed E-state index contributed by atoms with van der Waals surface area (Å²) >= 11 is 0. The Morgan fingerprint density at radius 1 is 1.29 bits per heavy atom. The lowest BCUT2D eigenvalue weighted by atomic mass is 10.1. The van der Waals surface area contributed by atoms with Crippen LogP contribution in [0.4, 0.5) is 0 Å². The summed E-state index contributed by atoms with van der Waals surface area (Å²) in [5, 5.41) is 9.55. The molecule has 0 radical (unpaired) electrons. The van der Waals surface area contributed by atoms with Gasteiger partial charge in [-0.05, 0) is 39.2 Å². The smallest absolute Gasteiger partial charge is 0.323 e. The molecular formula is C17H25NO3. The molecule has 4 nitrogen and oxygen atoms in total. The number of hydrogen-bond donors (Lipinski definition) is 1. The maximum absolute atomic E-state index is 12.4. The highest BCUT2D eigenvalue weighted by molar-refractivity contribution is 5.76. The molecule has 1 aromatic carbocycles. The highest BCUT2D eigenvalue weighted by atomic mass is 16.6. The van der Waals surface area contributed by atoms with Gasteiger partial charge in [-0.2, -0.15) is 0 Å². The molecule has 21 heavy (non-hydrogen) atoms. The summed E-state index contributed by atoms with van der Waals surface area (Å²) in [6.45, 7) is 6.38. The minimum absolute atomic E-state index is 0.0303. The largest absolute Gasteiger partial charge is 0.459 e. The second-order valence-electron chi connectivity index (χ2n) is 6.62. The Kier molecular flexibility index (Phi) is 5.01. The van der Waals surface area contributed by atoms with Crippen LogP contribution in [0.15, 0.2) is 30.3 Å². The van der Waals surface area contributed by atoms with Crippen LogP contribution in [0.1, 0.15) is 39.2 Å². The molecule has 0 bridgehead atoms. The van der Waals surface area contributed by atoms with Crippen LogP contribution >= 0.6 is 0 Å². The van der Waals surface area contributed by atoms with Crippen LogP contribution in [0.3, 0.4) is 0 Å². The highest BCUT2D eigenvalue weighted by Crippen LogP contribution is 2.28. The predicted octanol–water partition coefficient (Wildman–Crippen LogP) is 2.35. The molecule has 0 saturated carbocycles. The van der Waals surface area contributed by atoms with Crippen molar-refractivity contribution in [1.29, 1.82) is 0 Å². The average Bonchev–Trinajstić information content (AvgIpc) is 2.81. The predicted molar refractivity (Wildman–Crippen MR) is 81.7 cm³/mol. The molecule has 0 aromatic heterocycles. The van der Waals surface area contributed by atoms with Crippen molar-refractivity contribution >= 4 is 5.97 Å². The first kappa shape index (κ1) is 16.0. The first-order valence-corrected chi connectivity index (χ1v) is 7.54. The average molecular weight is 291 g/mol. The third-order valence-electron chi connectivity index (χ3n) is 3.74. The van der Waals surface area contributed by atoms with Gasteiger partial charge in [-0.3, -0.25) is 9.69 Å². The van der Waals surface area contributed by atoms with Gasteiger partial charge in [-0.15, -0.1) is 0 Å². The lowest BCUT2D eigenvalue weighted by Gasteiger charge is -2.30. The Balaban J connectivity index is 2.11. The van der Waals surface area contributed by atoms with Crippen molar-refractivity contribution in [3.05, 3.63) is 35.9 Å². The molecule has 1 heterocycles. The van der Waals surface area contributed by atoms with Gasteiger partial charge in [0.2, 0.25) is 0 Å². The quantitative estimate of drug-likeness (QED) is 0.865. The molecule has 1 aliphatic heterocycles. The minimum Gasteiger partial charge on any atom is -0.459 e. The minimum atomic E-state index is -0.479. The van der Waals surface area contributed by atoms with E-state index in [1.54, 1.807) is 0 Å². The van der Waals surface area contributed by atoms with Crippen LogP contribution in [-0.2, 0) is 16.1 Å². The van der Waals surface area contributed by atoms with E-state index in [0.29, 0.717) is 6.54 Å². The lowest BCUT2D eigenvalue weighted by molar-refractivity contribution is -0.161. The molecule has 0 amide bonds. The zero-order chi connectivity index (χ0) is 15.5. The van der Waals surface area contributed by atoms with E-state index in [1.807, 2.05) is 51.1 Å². The molecule has 116 valence electrons. The van der Waals surface area contributed by atoms with Gasteiger partial charge in [0.25, 0.3) is 0 Å². The molecular weight excluding hydrogens is 266 g/mol. The fourth-order valence-corrected chi connectivity index (χ4v) is 2.79. The van der Waals surface area contributed by atoms with Crippen LogP contribution in [0.25, 0.3) is 0 Å². The maximum atomic E-state index is 12.4. The molecule has 0 spiro atoms. The van der Waals surface area contributed by atoms with Crippen molar-refractivity contribution in [2.45, 2.75) is 57.8 Å². The molecule has 1 aromatic rings. The summed E-state index contributed by atoms with van der Waals surface area (Å²) in [5.41, 5.74) is 0.665. The number of aliphatic hydroxyl groups is 1. The molecule has 0 unspecified atom stereocenters. The summed E-state index contributed by atoms with van der Waals surface area (Å²) in [4.78, 5) is 14.5. The number of rotatable bonds is 4. The van der Waals surface area contributed by atoms with E-state index < -0.39 is 5.60 Å². The normalized spacial score (nSPS) is 23.2. The number of carbonyl (C=O) groups excluding carboxylic acids is 1. The molecule has 0 aliphatic carbocycles. The van der Waals surface area contributed by atoms with Gasteiger partial charge in [0.15, 0.2) is 0 Å². The van der Waals surface area contributed by atoms with E-state index in [9.17, 15) is 9.90 Å². The van der Waals surface area contributed by atoms with Crippen LogP contribution in [0.2, 0.25) is 0 Å². The second-order valence-corrected chi connectivity index (χ2v) is 6.62. The van der Waals surface area contributed by atoms with Gasteiger partial charge in [0.1, 0.15) is 11.6 Å². The van der Waals surface area contributed by atoms with Crippen LogP contribution in [0, 0.1) is 0 Å². The fourth-order valence-electron chi connectivity index (χ4n) is 2.79. The molecule has 1 aliphatic rings. The van der Waals surface area contributed by atoms with Gasteiger partial charge >= 0.3 is 5.97 Å². The molecule has 4 heteroatoms. The summed E-state index contributed by atoms with van der Waals surface area (Å²) in [6.07, 6.45) is 1.57. The van der Waals surface area contributed by atoms with Crippen molar-refractivity contribution in [3.8, 4) is 0 Å². The first-order chi connectivity index (χ1) is 9.90. The molecule has 1 fully saturated rings. The third kappa shape index (κ3) is 4.29. The van der Waals surface area contributed by atoms with Gasteiger partial charge in [-0.25, -0.2) is 0 Å². The Bertz CT molecular complexity index is 467. The van der Waals surface area contributed by atoms with Crippen molar-refractivity contribution in [2.24, 2.45) is 0 Å². The molecule has 2 atom stereocenters. The summed E-state index contributed by atoms with van der Waals surface area (Å²) in [7, 11) is 0. The number of ether oxygens (including phenoxy) is 1. The standard InChI is InChI=1S/C17H25NO3/c1-17(2,3)21-16(20)15-10-9-14(12-19)18(15)11-13-7-5-4-6-8-13/h4-8,14-15,19H,9-12H2,1-3H3/t14-,15+/m1/s1. The molecule has 2 rings (SSSR count). The lowest BCUT2D eigenvalue weighted by Crippen LogP contribution is -2.44. The topological polar surface area (TPSA) is 49.8 Å². The van der Waals surface area contributed by atoms with E-state index >= 15 is 0 Å². The molecule has 1 saturated heterocycles. The number of nitrogens with zero attached hydrogens (tertiary/aromatic N) is 1. The monoisotopic (exact) mass is 291 g/mol. The number of carbonyl (C=O) groups is 1. The van der Waals surface area contributed by atoms with E-state index in [0.717, 1.165) is 18.4 Å². The third-order valence-corrected chi connectivity index (χ3v) is 3.74. The number of benzene rings is 1. The van der Waals surface area contributed by atoms with E-state index in [1.165, 1.54) is 0 Å². The van der Waals surface area contributed by atoms with E-state index in [2.05, 4.69) is 4.90 Å². The van der Waals surface area contributed by atoms with Gasteiger partial charge in [0, 0.05) is 12.6 Å². The summed E-state index contributed by atoms with van der Waals surface area (Å²) in [5.74, 6) is -0.186. The van der Waals surface area contributed by atoms with Crippen LogP contribution in [-0.4, -0.2) is 40.3 Å². The Morgan fingerprint density at radius 2 is 1.95 bits per heavy atom. The maximum Gasteiger partial charge on any atom is 0.323 e. The van der Waals surface area contributed by atoms with Crippen LogP contribution < -0.4 is 0 Å². The van der Waals surface area contributed by atoms with Gasteiger partial charge in [0.05, 0.1) is 6.61 Å². The first-order valence-electron chi connectivity index (χ1n) is 7.54. The van der Waals surface area contributed by atoms with Gasteiger partial charge in [-0.1, -0.05) is 30.3 Å². The zero-order valence-corrected chi connectivity index (χ0v) is 13.1. The fraction of sp³-hybridized carbons (Fsp3) is 0.588. The SMILES string of the molecule is CC(C)(C)OC(=O)[C@@H]1CC[C@H](CO)N1Cc1ccccc1. The zero-order valence-electron chi connectivity index (χ0n) is 13.1. The Morgan fingerprint density at radius 3 is 2.52 bits per heavy atom. The van der Waals surface area contributed by atoms with Crippen molar-refractivity contribution < 1.29 is 14.6 Å². The van der Waals surface area contributed by atoms with Crippen LogP contribution in [0.5, 0.6) is 0 Å². The molecule has 1 N–H and O–H groups in total. The van der Waals surface area contributed by atoms with Crippen molar-refractivity contribution in [2.75, 3.05) is 6.61 Å².